The summed E-state index contributed by atoms with van der Waals surface area (Å²) in [7, 11) is 0. The molecule has 0 radical (unpaired) electrons. The molecule has 0 aromatic rings. The topological polar surface area (TPSA) is 59.1 Å². The fourth-order valence-corrected chi connectivity index (χ4v) is 2.70. The molecule has 6 heteroatoms. The monoisotopic (exact) mass is 270 g/mol. The molecule has 2 N–H and O–H groups in total. The van der Waals surface area contributed by atoms with Gasteiger partial charge in [-0.2, -0.15) is 0 Å². The molecule has 2 heterocycles. The number of carbonyl (C=O) groups is 1. The summed E-state index contributed by atoms with van der Waals surface area (Å²) < 4.78 is 0. The Hall–Kier alpha value is -0.850. The van der Waals surface area contributed by atoms with Gasteiger partial charge in [-0.3, -0.25) is 9.80 Å². The summed E-state index contributed by atoms with van der Waals surface area (Å²) in [6, 6.07) is 0.0701. The van der Waals surface area contributed by atoms with Crippen molar-refractivity contribution in [2.75, 3.05) is 58.9 Å². The summed E-state index contributed by atoms with van der Waals surface area (Å²) in [4.78, 5) is 18.0. The van der Waals surface area contributed by atoms with E-state index in [0.29, 0.717) is 0 Å². The van der Waals surface area contributed by atoms with Crippen LogP contribution >= 0.6 is 0 Å². The van der Waals surface area contributed by atoms with Crippen LogP contribution in [0.15, 0.2) is 0 Å². The highest BCUT2D eigenvalue weighted by molar-refractivity contribution is 5.76. The van der Waals surface area contributed by atoms with Gasteiger partial charge in [0.1, 0.15) is 0 Å². The summed E-state index contributed by atoms with van der Waals surface area (Å²) >= 11 is 0. The summed E-state index contributed by atoms with van der Waals surface area (Å²) in [6.45, 7) is 11.8. The lowest BCUT2D eigenvalue weighted by molar-refractivity contribution is 0.0172. The van der Waals surface area contributed by atoms with Crippen molar-refractivity contribution < 1.29 is 9.90 Å². The van der Waals surface area contributed by atoms with Gasteiger partial charge in [-0.15, -0.1) is 0 Å². The lowest BCUT2D eigenvalue weighted by Crippen LogP contribution is -2.51. The first-order chi connectivity index (χ1) is 8.94. The van der Waals surface area contributed by atoms with Crippen molar-refractivity contribution >= 4 is 6.03 Å². The number of urea groups is 1. The Kier molecular flexibility index (Phi) is 4.65. The highest BCUT2D eigenvalue weighted by Crippen LogP contribution is 2.08. The molecule has 0 aromatic heterocycles. The average Bonchev–Trinajstić information content (AvgIpc) is 2.72. The Labute approximate surface area is 115 Å². The summed E-state index contributed by atoms with van der Waals surface area (Å²) in [6.07, 6.45) is 0. The molecule has 0 unspecified atom stereocenters. The first-order valence-corrected chi connectivity index (χ1v) is 7.14. The lowest BCUT2D eigenvalue weighted by atomic mass is 10.1. The van der Waals surface area contributed by atoms with Gasteiger partial charge < -0.3 is 15.3 Å². The smallest absolute Gasteiger partial charge is 0.317 e. The van der Waals surface area contributed by atoms with Crippen LogP contribution in [-0.2, 0) is 0 Å². The minimum Gasteiger partial charge on any atom is -0.389 e. The van der Waals surface area contributed by atoms with Crippen LogP contribution in [-0.4, -0.2) is 90.3 Å². The zero-order valence-corrected chi connectivity index (χ0v) is 12.1. The van der Waals surface area contributed by atoms with Crippen LogP contribution in [0.5, 0.6) is 0 Å². The van der Waals surface area contributed by atoms with Crippen LogP contribution in [0.1, 0.15) is 13.8 Å². The van der Waals surface area contributed by atoms with Gasteiger partial charge in [0.2, 0.25) is 0 Å². The fraction of sp³-hybridized carbons (Fsp3) is 0.923. The maximum Gasteiger partial charge on any atom is 0.317 e. The minimum absolute atomic E-state index is 0.0701. The zero-order chi connectivity index (χ0) is 13.9. The molecule has 6 nitrogen and oxygen atoms in total. The molecule has 0 saturated carbocycles. The molecule has 19 heavy (non-hydrogen) atoms. The van der Waals surface area contributed by atoms with Crippen molar-refractivity contribution in [3.05, 3.63) is 0 Å². The van der Waals surface area contributed by atoms with Gasteiger partial charge in [-0.05, 0) is 13.8 Å². The van der Waals surface area contributed by atoms with E-state index in [1.807, 2.05) is 18.7 Å². The van der Waals surface area contributed by atoms with E-state index < -0.39 is 5.60 Å². The van der Waals surface area contributed by atoms with Gasteiger partial charge in [0.15, 0.2) is 0 Å². The molecule has 0 atom stereocenters. The number of hydrogen-bond acceptors (Lipinski definition) is 4. The third kappa shape index (κ3) is 4.63. The highest BCUT2D eigenvalue weighted by atomic mass is 16.3. The van der Waals surface area contributed by atoms with E-state index in [1.54, 1.807) is 0 Å². The summed E-state index contributed by atoms with van der Waals surface area (Å²) in [5, 5.41) is 12.6. The van der Waals surface area contributed by atoms with Gasteiger partial charge >= 0.3 is 6.03 Å². The van der Waals surface area contributed by atoms with Gasteiger partial charge in [-0.25, -0.2) is 4.79 Å². The second kappa shape index (κ2) is 6.07. The molecule has 2 amide bonds. The molecule has 2 saturated heterocycles. The van der Waals surface area contributed by atoms with Crippen LogP contribution in [0, 0.1) is 0 Å². The number of aliphatic hydroxyl groups is 1. The molecule has 0 spiro atoms. The molecule has 0 aromatic carbocycles. The standard InChI is InChI=1S/C13H26N4O2/c1-13(2,19)11-16-7-5-15(6-8-16)9-10-17-4-3-14-12(17)18/h19H,3-11H2,1-2H3,(H,14,18). The first kappa shape index (κ1) is 14.6. The van der Waals surface area contributed by atoms with Gasteiger partial charge in [-0.1, -0.05) is 0 Å². The van der Waals surface area contributed by atoms with Crippen molar-refractivity contribution in [2.45, 2.75) is 19.4 Å². The van der Waals surface area contributed by atoms with E-state index in [1.165, 1.54) is 0 Å². The van der Waals surface area contributed by atoms with E-state index in [2.05, 4.69) is 15.1 Å². The van der Waals surface area contributed by atoms with Crippen molar-refractivity contribution in [1.82, 2.24) is 20.0 Å². The predicted octanol–water partition coefficient (Wildman–Crippen LogP) is -0.600. The van der Waals surface area contributed by atoms with Gasteiger partial charge in [0, 0.05) is 58.9 Å². The molecule has 2 fully saturated rings. The third-order valence-electron chi connectivity index (χ3n) is 3.71. The Morgan fingerprint density at radius 3 is 2.26 bits per heavy atom. The molecule has 2 aliphatic rings. The number of nitrogens with one attached hydrogen (secondary N) is 1. The number of hydrogen-bond donors (Lipinski definition) is 2. The predicted molar refractivity (Wildman–Crippen MR) is 74.1 cm³/mol. The highest BCUT2D eigenvalue weighted by Gasteiger charge is 2.24. The van der Waals surface area contributed by atoms with Crippen molar-refractivity contribution in [3.63, 3.8) is 0 Å². The molecule has 0 aliphatic carbocycles. The van der Waals surface area contributed by atoms with E-state index >= 15 is 0 Å². The molecule has 2 rings (SSSR count). The molecular formula is C13H26N4O2. The maximum absolute atomic E-state index is 11.4. The quantitative estimate of drug-likeness (QED) is 0.700. The van der Waals surface area contributed by atoms with Crippen molar-refractivity contribution in [2.24, 2.45) is 0 Å². The zero-order valence-electron chi connectivity index (χ0n) is 12.1. The van der Waals surface area contributed by atoms with Crippen LogP contribution in [0.25, 0.3) is 0 Å². The number of nitrogens with zero attached hydrogens (tertiary/aromatic N) is 3. The minimum atomic E-state index is -0.615. The van der Waals surface area contributed by atoms with Crippen LogP contribution in [0.2, 0.25) is 0 Å². The second-order valence-electron chi connectivity index (χ2n) is 6.15. The van der Waals surface area contributed by atoms with Gasteiger partial charge in [0.05, 0.1) is 5.60 Å². The number of amides is 2. The number of rotatable bonds is 5. The summed E-state index contributed by atoms with van der Waals surface area (Å²) in [5.41, 5.74) is -0.615. The number of piperazine rings is 1. The van der Waals surface area contributed by atoms with Gasteiger partial charge in [0.25, 0.3) is 0 Å². The Balaban J connectivity index is 1.65. The normalized spacial score (nSPS) is 22.9. The molecule has 2 aliphatic heterocycles. The first-order valence-electron chi connectivity index (χ1n) is 7.14. The molecule has 110 valence electrons. The fourth-order valence-electron chi connectivity index (χ4n) is 2.70. The lowest BCUT2D eigenvalue weighted by Gasteiger charge is -2.37. The third-order valence-corrected chi connectivity index (χ3v) is 3.71. The molecule has 0 bridgehead atoms. The second-order valence-corrected chi connectivity index (χ2v) is 6.15. The number of β-amino-alcohol motifs (C(OH)–C–C–N with tert-alkyl or cyclic N) is 1. The van der Waals surface area contributed by atoms with E-state index in [0.717, 1.165) is 58.9 Å². The number of carbonyl (C=O) groups excluding carboxylic acids is 1. The Morgan fingerprint density at radius 2 is 1.74 bits per heavy atom. The van der Waals surface area contributed by atoms with E-state index in [-0.39, 0.29) is 6.03 Å². The van der Waals surface area contributed by atoms with Crippen molar-refractivity contribution in [3.8, 4) is 0 Å². The van der Waals surface area contributed by atoms with Crippen molar-refractivity contribution in [1.29, 1.82) is 0 Å². The average molecular weight is 270 g/mol. The summed E-state index contributed by atoms with van der Waals surface area (Å²) in [5.74, 6) is 0. The molecular weight excluding hydrogens is 244 g/mol. The van der Waals surface area contributed by atoms with E-state index in [9.17, 15) is 9.90 Å². The Bertz CT molecular complexity index is 308. The maximum atomic E-state index is 11.4. The van der Waals surface area contributed by atoms with Crippen LogP contribution < -0.4 is 5.32 Å². The SMILES string of the molecule is CC(C)(O)CN1CCN(CCN2CCNC2=O)CC1. The van der Waals surface area contributed by atoms with Crippen LogP contribution in [0.3, 0.4) is 0 Å². The van der Waals surface area contributed by atoms with Crippen LogP contribution in [0.4, 0.5) is 4.79 Å². The Morgan fingerprint density at radius 1 is 1.11 bits per heavy atom. The largest absolute Gasteiger partial charge is 0.389 e. The van der Waals surface area contributed by atoms with E-state index in [4.69, 9.17) is 0 Å².